The second-order valence-corrected chi connectivity index (χ2v) is 3.49. The number of pyridine rings is 1. The number of hydrogen-bond acceptors (Lipinski definition) is 2. The van der Waals surface area contributed by atoms with Gasteiger partial charge in [-0.15, -0.1) is 12.4 Å². The van der Waals surface area contributed by atoms with Crippen LogP contribution >= 0.6 is 24.0 Å². The molecule has 0 bridgehead atoms. The molecule has 1 fully saturated rings. The summed E-state index contributed by atoms with van der Waals surface area (Å²) in [6, 6.07) is 3.92. The van der Waals surface area contributed by atoms with E-state index in [9.17, 15) is 0 Å². The molecule has 1 aliphatic heterocycles. The van der Waals surface area contributed by atoms with Gasteiger partial charge in [-0.05, 0) is 30.5 Å². The predicted octanol–water partition coefficient (Wildman–Crippen LogP) is 2.23. The molecule has 0 amide bonds. The summed E-state index contributed by atoms with van der Waals surface area (Å²) in [6.45, 7) is 2.19. The minimum absolute atomic E-state index is 0. The molecular weight excluding hydrogens is 207 g/mol. The van der Waals surface area contributed by atoms with Gasteiger partial charge in [0.2, 0.25) is 0 Å². The number of nitrogens with one attached hydrogen (secondary N) is 1. The largest absolute Gasteiger partial charge is 0.316 e. The molecule has 1 aromatic rings. The minimum atomic E-state index is 0. The topological polar surface area (TPSA) is 24.9 Å². The first-order chi connectivity index (χ1) is 5.86. The summed E-state index contributed by atoms with van der Waals surface area (Å²) in [4.78, 5) is 4.06. The Balaban J connectivity index is 0.000000845. The van der Waals surface area contributed by atoms with Gasteiger partial charge < -0.3 is 5.32 Å². The highest BCUT2D eigenvalue weighted by atomic mass is 35.5. The molecule has 1 aromatic heterocycles. The van der Waals surface area contributed by atoms with Crippen molar-refractivity contribution in [3.8, 4) is 0 Å². The highest BCUT2D eigenvalue weighted by Crippen LogP contribution is 2.21. The molecule has 0 aromatic carbocycles. The lowest BCUT2D eigenvalue weighted by Gasteiger charge is -2.06. The molecule has 1 aliphatic rings. The summed E-state index contributed by atoms with van der Waals surface area (Å²) in [6.07, 6.45) is 3.09. The van der Waals surface area contributed by atoms with E-state index in [2.05, 4.69) is 16.4 Å². The zero-order valence-corrected chi connectivity index (χ0v) is 8.74. The van der Waals surface area contributed by atoms with E-state index >= 15 is 0 Å². The van der Waals surface area contributed by atoms with Crippen molar-refractivity contribution in [1.82, 2.24) is 10.3 Å². The second-order valence-electron chi connectivity index (χ2n) is 3.10. The molecule has 72 valence electrons. The van der Waals surface area contributed by atoms with Crippen LogP contribution in [0.2, 0.25) is 5.15 Å². The van der Waals surface area contributed by atoms with Crippen molar-refractivity contribution in [3.63, 3.8) is 0 Å². The Kier molecular flexibility index (Phi) is 3.97. The molecule has 4 heteroatoms. The fourth-order valence-electron chi connectivity index (χ4n) is 1.57. The Bertz CT molecular complexity index is 255. The third-order valence-electron chi connectivity index (χ3n) is 2.28. The Morgan fingerprint density at radius 3 is 2.85 bits per heavy atom. The number of aromatic nitrogens is 1. The van der Waals surface area contributed by atoms with Crippen LogP contribution < -0.4 is 5.32 Å². The normalized spacial score (nSPS) is 21.2. The molecular formula is C9H12Cl2N2. The van der Waals surface area contributed by atoms with Gasteiger partial charge in [0.15, 0.2) is 0 Å². The first-order valence-electron chi connectivity index (χ1n) is 4.18. The van der Waals surface area contributed by atoms with Crippen molar-refractivity contribution in [2.24, 2.45) is 0 Å². The average Bonchev–Trinajstić information content (AvgIpc) is 2.58. The van der Waals surface area contributed by atoms with Crippen LogP contribution in [0.1, 0.15) is 17.9 Å². The second kappa shape index (κ2) is 4.80. The molecule has 2 rings (SSSR count). The maximum Gasteiger partial charge on any atom is 0.129 e. The zero-order valence-electron chi connectivity index (χ0n) is 7.16. The lowest BCUT2D eigenvalue weighted by atomic mass is 10.0. The molecule has 13 heavy (non-hydrogen) atoms. The van der Waals surface area contributed by atoms with Crippen molar-refractivity contribution in [2.75, 3.05) is 13.1 Å². The van der Waals surface area contributed by atoms with Crippen LogP contribution in [-0.4, -0.2) is 18.1 Å². The van der Waals surface area contributed by atoms with E-state index in [0.29, 0.717) is 11.1 Å². The van der Waals surface area contributed by atoms with E-state index in [1.165, 1.54) is 12.0 Å². The van der Waals surface area contributed by atoms with Crippen molar-refractivity contribution in [1.29, 1.82) is 0 Å². The molecule has 0 spiro atoms. The molecule has 0 aliphatic carbocycles. The van der Waals surface area contributed by atoms with Gasteiger partial charge in [0.05, 0.1) is 0 Å². The smallest absolute Gasteiger partial charge is 0.129 e. The van der Waals surface area contributed by atoms with E-state index in [-0.39, 0.29) is 12.4 Å². The zero-order chi connectivity index (χ0) is 8.39. The van der Waals surface area contributed by atoms with E-state index in [1.807, 2.05) is 12.3 Å². The van der Waals surface area contributed by atoms with E-state index < -0.39 is 0 Å². The number of hydrogen-bond donors (Lipinski definition) is 1. The van der Waals surface area contributed by atoms with Gasteiger partial charge in [-0.2, -0.15) is 0 Å². The number of rotatable bonds is 1. The molecule has 0 radical (unpaired) electrons. The number of halogens is 2. The van der Waals surface area contributed by atoms with Crippen molar-refractivity contribution in [2.45, 2.75) is 12.3 Å². The standard InChI is InChI=1S/C9H11ClN2.ClH/c10-9-2-1-7(6-12-9)8-3-4-11-5-8;/h1-2,6,8,11H,3-5H2;1H. The Labute approximate surface area is 89.1 Å². The maximum atomic E-state index is 5.69. The highest BCUT2D eigenvalue weighted by Gasteiger charge is 2.16. The average molecular weight is 219 g/mol. The third kappa shape index (κ3) is 2.56. The monoisotopic (exact) mass is 218 g/mol. The third-order valence-corrected chi connectivity index (χ3v) is 2.51. The fraction of sp³-hybridized carbons (Fsp3) is 0.444. The van der Waals surface area contributed by atoms with Crippen molar-refractivity contribution in [3.05, 3.63) is 29.0 Å². The Morgan fingerprint density at radius 1 is 1.46 bits per heavy atom. The van der Waals surface area contributed by atoms with Gasteiger partial charge in [-0.25, -0.2) is 4.98 Å². The van der Waals surface area contributed by atoms with Gasteiger partial charge in [0, 0.05) is 12.7 Å². The van der Waals surface area contributed by atoms with Gasteiger partial charge in [0.1, 0.15) is 5.15 Å². The van der Waals surface area contributed by atoms with Crippen LogP contribution in [0, 0.1) is 0 Å². The molecule has 2 heterocycles. The van der Waals surface area contributed by atoms with Gasteiger partial charge in [-0.3, -0.25) is 0 Å². The molecule has 0 saturated carbocycles. The summed E-state index contributed by atoms with van der Waals surface area (Å²) in [7, 11) is 0. The predicted molar refractivity (Wildman–Crippen MR) is 56.7 cm³/mol. The van der Waals surface area contributed by atoms with Gasteiger partial charge >= 0.3 is 0 Å². The lowest BCUT2D eigenvalue weighted by Crippen LogP contribution is -2.07. The van der Waals surface area contributed by atoms with Crippen molar-refractivity contribution < 1.29 is 0 Å². The fourth-order valence-corrected chi connectivity index (χ4v) is 1.68. The summed E-state index contributed by atoms with van der Waals surface area (Å²) in [5, 5.41) is 3.90. The summed E-state index contributed by atoms with van der Waals surface area (Å²) in [5.41, 5.74) is 1.30. The van der Waals surface area contributed by atoms with Crippen LogP contribution in [0.3, 0.4) is 0 Å². The van der Waals surface area contributed by atoms with E-state index in [1.54, 1.807) is 0 Å². The summed E-state index contributed by atoms with van der Waals surface area (Å²) < 4.78 is 0. The Hall–Kier alpha value is -0.310. The first kappa shape index (κ1) is 10.8. The SMILES string of the molecule is Cl.Clc1ccc(C2CCNC2)cn1. The molecule has 1 unspecified atom stereocenters. The molecule has 2 nitrogen and oxygen atoms in total. The maximum absolute atomic E-state index is 5.69. The van der Waals surface area contributed by atoms with E-state index in [0.717, 1.165) is 13.1 Å². The summed E-state index contributed by atoms with van der Waals surface area (Å²) in [5.74, 6) is 0.634. The first-order valence-corrected chi connectivity index (χ1v) is 4.56. The lowest BCUT2D eigenvalue weighted by molar-refractivity contribution is 0.759. The quantitative estimate of drug-likeness (QED) is 0.732. The van der Waals surface area contributed by atoms with Crippen LogP contribution in [0.4, 0.5) is 0 Å². The van der Waals surface area contributed by atoms with Crippen LogP contribution in [0.25, 0.3) is 0 Å². The summed E-state index contributed by atoms with van der Waals surface area (Å²) >= 11 is 5.69. The molecule has 1 atom stereocenters. The van der Waals surface area contributed by atoms with E-state index in [4.69, 9.17) is 11.6 Å². The van der Waals surface area contributed by atoms with Crippen LogP contribution in [-0.2, 0) is 0 Å². The molecule has 1 N–H and O–H groups in total. The van der Waals surface area contributed by atoms with Crippen molar-refractivity contribution >= 4 is 24.0 Å². The van der Waals surface area contributed by atoms with Crippen LogP contribution in [0.5, 0.6) is 0 Å². The highest BCUT2D eigenvalue weighted by molar-refractivity contribution is 6.29. The Morgan fingerprint density at radius 2 is 2.31 bits per heavy atom. The van der Waals surface area contributed by atoms with Gasteiger partial charge in [-0.1, -0.05) is 17.7 Å². The van der Waals surface area contributed by atoms with Crippen LogP contribution in [0.15, 0.2) is 18.3 Å². The van der Waals surface area contributed by atoms with Gasteiger partial charge in [0.25, 0.3) is 0 Å². The molecule has 1 saturated heterocycles. The number of nitrogens with zero attached hydrogens (tertiary/aromatic N) is 1. The minimum Gasteiger partial charge on any atom is -0.316 e.